The first kappa shape index (κ1) is 44.9. The normalized spacial score (nSPS) is 51.8. The number of Topliss-reactive ketones (excluding diaryl/α,β-unsaturated/α-hetero) is 1. The molecule has 0 aromatic heterocycles. The Morgan fingerprint density at radius 1 is 0.667 bits per heavy atom. The zero-order valence-corrected chi connectivity index (χ0v) is 27.4. The number of rotatable bonds is 10. The molecular weight excluding hydrogens is 754 g/mol. The van der Waals surface area contributed by atoms with Gasteiger partial charge in [-0.15, -0.1) is 0 Å². The van der Waals surface area contributed by atoms with Crippen LogP contribution in [0.4, 0.5) is 0 Å². The fraction of sp³-hybridized carbons (Fsp3) is 0.926. The summed E-state index contributed by atoms with van der Waals surface area (Å²) in [6, 6.07) is 0. The second kappa shape index (κ2) is 15.2. The van der Waals surface area contributed by atoms with Gasteiger partial charge in [0.15, 0.2) is 17.7 Å². The van der Waals surface area contributed by atoms with Crippen LogP contribution in [-0.4, -0.2) is 260 Å². The van der Waals surface area contributed by atoms with Crippen LogP contribution >= 0.6 is 0 Å². The lowest BCUT2D eigenvalue weighted by Crippen LogP contribution is -2.94. The van der Waals surface area contributed by atoms with Gasteiger partial charge < -0.3 is 127 Å². The summed E-state index contributed by atoms with van der Waals surface area (Å²) in [5.41, 5.74) is -4.09. The van der Waals surface area contributed by atoms with Crippen molar-refractivity contribution in [1.82, 2.24) is 0 Å². The molecule has 4 fully saturated rings. The van der Waals surface area contributed by atoms with E-state index >= 15 is 0 Å². The number of carboxylic acid groups (broad SMARTS) is 1. The highest BCUT2D eigenvalue weighted by atomic mass is 16.7. The van der Waals surface area contributed by atoms with Gasteiger partial charge >= 0.3 is 5.97 Å². The van der Waals surface area contributed by atoms with E-state index in [1.54, 1.807) is 0 Å². The highest BCUT2D eigenvalue weighted by Crippen LogP contribution is 2.56. The lowest BCUT2D eigenvalue weighted by atomic mass is 9.54. The van der Waals surface area contributed by atoms with Crippen molar-refractivity contribution in [2.45, 2.75) is 126 Å². The lowest BCUT2D eigenvalue weighted by molar-refractivity contribution is -0.463. The number of aliphatic hydroxyl groups is 19. The van der Waals surface area contributed by atoms with Gasteiger partial charge in [-0.05, 0) is 0 Å². The highest BCUT2D eigenvalue weighted by Gasteiger charge is 2.86. The van der Waals surface area contributed by atoms with Gasteiger partial charge in [0.2, 0.25) is 22.9 Å². The van der Waals surface area contributed by atoms with Gasteiger partial charge in [0, 0.05) is 0 Å². The van der Waals surface area contributed by atoms with E-state index in [2.05, 4.69) is 0 Å². The SMILES string of the molecule is NC(C(=O)O)(C1(O)OC[C@@H](O)[C@H](O)[C@H]1O)C(O)(C(C(=O)C1OC(O)C(O)C(O)C1O)C1(O)OC(CO)C(O)C(O)C1O)C1(O)OC(CO)C(O)C(O)C1O. The van der Waals surface area contributed by atoms with Crippen LogP contribution in [-0.2, 0) is 28.5 Å². The maximum Gasteiger partial charge on any atom is 0.332 e. The molecule has 27 heteroatoms. The first-order valence-electron chi connectivity index (χ1n) is 15.9. The van der Waals surface area contributed by atoms with E-state index < -0.39 is 164 Å². The number of ketones is 1. The van der Waals surface area contributed by atoms with Crippen molar-refractivity contribution in [3.8, 4) is 0 Å². The van der Waals surface area contributed by atoms with Crippen molar-refractivity contribution < 1.29 is 131 Å². The minimum Gasteiger partial charge on any atom is -0.480 e. The summed E-state index contributed by atoms with van der Waals surface area (Å²) in [5, 5.41) is 218. The Bertz CT molecular complexity index is 1380. The third kappa shape index (κ3) is 6.09. The predicted molar refractivity (Wildman–Crippen MR) is 156 cm³/mol. The van der Waals surface area contributed by atoms with E-state index in [-0.39, 0.29) is 0 Å². The summed E-state index contributed by atoms with van der Waals surface area (Å²) in [6.07, 6.45) is -45.1. The minimum atomic E-state index is -5.29. The zero-order chi connectivity index (χ0) is 41.4. The molecule has 314 valence electrons. The molecule has 22 atom stereocenters. The van der Waals surface area contributed by atoms with E-state index in [1.165, 1.54) is 0 Å². The van der Waals surface area contributed by atoms with Gasteiger partial charge in [0.25, 0.3) is 0 Å². The molecule has 22 N–H and O–H groups in total. The molecule has 0 saturated carbocycles. The van der Waals surface area contributed by atoms with Gasteiger partial charge in [-0.2, -0.15) is 0 Å². The first-order valence-corrected chi connectivity index (χ1v) is 15.9. The summed E-state index contributed by atoms with van der Waals surface area (Å²) in [7, 11) is 0. The molecule has 0 amide bonds. The highest BCUT2D eigenvalue weighted by molar-refractivity contribution is 5.92. The smallest absolute Gasteiger partial charge is 0.332 e. The fourth-order valence-corrected chi connectivity index (χ4v) is 7.35. The number of nitrogens with two attached hydrogens (primary N) is 1. The Balaban J connectivity index is 2.24. The number of carbonyl (C=O) groups is 2. The van der Waals surface area contributed by atoms with Crippen LogP contribution in [0.3, 0.4) is 0 Å². The van der Waals surface area contributed by atoms with Gasteiger partial charge in [0.1, 0.15) is 97.5 Å². The third-order valence-electron chi connectivity index (χ3n) is 10.6. The van der Waals surface area contributed by atoms with Crippen LogP contribution in [0.15, 0.2) is 0 Å². The van der Waals surface area contributed by atoms with Gasteiger partial charge in [-0.25, -0.2) is 4.79 Å². The average Bonchev–Trinajstić information content (AvgIpc) is 3.13. The molecule has 4 saturated heterocycles. The molecule has 0 aliphatic carbocycles. The molecular formula is C27H45NO26. The van der Waals surface area contributed by atoms with Crippen LogP contribution in [0, 0.1) is 5.92 Å². The van der Waals surface area contributed by atoms with Crippen LogP contribution in [0.25, 0.3) is 0 Å². The Morgan fingerprint density at radius 3 is 1.65 bits per heavy atom. The van der Waals surface area contributed by atoms with E-state index in [0.29, 0.717) is 0 Å². The van der Waals surface area contributed by atoms with Gasteiger partial charge in [-0.1, -0.05) is 0 Å². The lowest BCUT2D eigenvalue weighted by Gasteiger charge is -2.64. The standard InChI is InChI=1S/C27H45NO26/c28-24(22(45)46,26(49)19(42)7(32)4(31)3-51-26)25(48,27(50)20(43)13(38)9(34)6(2-30)54-27)17(15(40)16-11(36)10(35)14(39)21(44)52-16)23(47)18(41)12(37)8(33)5(1-29)53-23/h4-14,16-21,29-39,41-44,47-50H,1-3,28H2,(H,45,46)/t4-,5?,6?,7+,8?,9?,10?,11?,12?,13?,14?,16?,17?,18?,19-,20?,21?,23?,24?,25?,26?,27?/m1/s1. The van der Waals surface area contributed by atoms with Gasteiger partial charge in [-0.3, -0.25) is 4.79 Å². The molecule has 0 radical (unpaired) electrons. The van der Waals surface area contributed by atoms with Crippen LogP contribution < -0.4 is 5.73 Å². The largest absolute Gasteiger partial charge is 0.480 e. The number of hydrogen-bond donors (Lipinski definition) is 21. The molecule has 0 spiro atoms. The fourth-order valence-electron chi connectivity index (χ4n) is 7.35. The molecule has 4 heterocycles. The van der Waals surface area contributed by atoms with Crippen molar-refractivity contribution in [2.24, 2.45) is 11.7 Å². The number of aliphatic carboxylic acids is 1. The van der Waals surface area contributed by atoms with Crippen molar-refractivity contribution in [3.63, 3.8) is 0 Å². The number of ether oxygens (including phenoxy) is 4. The second-order valence-corrected chi connectivity index (χ2v) is 13.6. The summed E-state index contributed by atoms with van der Waals surface area (Å²) in [5.74, 6) is -23.6. The number of carboxylic acids is 1. The predicted octanol–water partition coefficient (Wildman–Crippen LogP) is -14.4. The van der Waals surface area contributed by atoms with E-state index in [0.717, 1.165) is 0 Å². The summed E-state index contributed by atoms with van der Waals surface area (Å²) < 4.78 is 19.9. The molecule has 4 aliphatic heterocycles. The van der Waals surface area contributed by atoms with Crippen LogP contribution in [0.1, 0.15) is 0 Å². The molecule has 0 aromatic rings. The Kier molecular flexibility index (Phi) is 12.6. The Hall–Kier alpha value is -1.82. The molecule has 0 bridgehead atoms. The van der Waals surface area contributed by atoms with E-state index in [4.69, 9.17) is 24.7 Å². The van der Waals surface area contributed by atoms with Crippen molar-refractivity contribution in [2.75, 3.05) is 19.8 Å². The van der Waals surface area contributed by atoms with Gasteiger partial charge in [0.05, 0.1) is 19.8 Å². The Labute approximate surface area is 300 Å². The molecule has 19 unspecified atom stereocenters. The Morgan fingerprint density at radius 2 is 1.15 bits per heavy atom. The molecule has 27 nitrogen and oxygen atoms in total. The molecule has 4 aliphatic rings. The zero-order valence-electron chi connectivity index (χ0n) is 27.4. The minimum absolute atomic E-state index is 1.47. The first-order chi connectivity index (χ1) is 24.7. The summed E-state index contributed by atoms with van der Waals surface area (Å²) in [4.78, 5) is 28.3. The maximum absolute atomic E-state index is 14.8. The topological polar surface area (TPSA) is 502 Å². The molecule has 0 aromatic carbocycles. The van der Waals surface area contributed by atoms with Crippen molar-refractivity contribution in [3.05, 3.63) is 0 Å². The summed E-state index contributed by atoms with van der Waals surface area (Å²) in [6.45, 7) is -4.58. The van der Waals surface area contributed by atoms with Crippen molar-refractivity contribution in [1.29, 1.82) is 0 Å². The molecule has 4 rings (SSSR count). The number of hydrogen-bond acceptors (Lipinski definition) is 26. The maximum atomic E-state index is 14.8. The second-order valence-electron chi connectivity index (χ2n) is 13.6. The molecule has 54 heavy (non-hydrogen) atoms. The quantitative estimate of drug-likeness (QED) is 0.0975. The summed E-state index contributed by atoms with van der Waals surface area (Å²) >= 11 is 0. The van der Waals surface area contributed by atoms with Crippen molar-refractivity contribution >= 4 is 11.8 Å². The number of carbonyl (C=O) groups excluding carboxylic acids is 1. The average molecular weight is 800 g/mol. The van der Waals surface area contributed by atoms with Crippen LogP contribution in [0.5, 0.6) is 0 Å². The van der Waals surface area contributed by atoms with E-state index in [9.17, 15) is 112 Å². The third-order valence-corrected chi connectivity index (χ3v) is 10.6. The van der Waals surface area contributed by atoms with E-state index in [1.807, 2.05) is 0 Å². The van der Waals surface area contributed by atoms with Crippen LogP contribution in [0.2, 0.25) is 0 Å². The number of aliphatic hydroxyl groups excluding tert-OH is 15. The monoisotopic (exact) mass is 799 g/mol.